The molecule has 17 heavy (non-hydrogen) atoms. The van der Waals surface area contributed by atoms with Gasteiger partial charge in [-0.05, 0) is 43.7 Å². The maximum absolute atomic E-state index is 5.95. The molecule has 0 atom stereocenters. The van der Waals surface area contributed by atoms with Crippen LogP contribution in [-0.4, -0.2) is 16.5 Å². The van der Waals surface area contributed by atoms with Gasteiger partial charge in [0.2, 0.25) is 0 Å². The fourth-order valence-corrected chi connectivity index (χ4v) is 1.78. The van der Waals surface area contributed by atoms with Crippen LogP contribution >= 0.6 is 11.6 Å². The average molecular weight is 248 g/mol. The molecule has 0 aliphatic heterocycles. The maximum atomic E-state index is 5.95. The van der Waals surface area contributed by atoms with Crippen molar-refractivity contribution in [2.24, 2.45) is 5.73 Å². The number of nitrogens with two attached hydrogens (primary N) is 1. The molecule has 0 fully saturated rings. The summed E-state index contributed by atoms with van der Waals surface area (Å²) < 4.78 is 0. The van der Waals surface area contributed by atoms with Crippen LogP contribution in [0.2, 0.25) is 5.02 Å². The molecular weight excluding hydrogens is 234 g/mol. The lowest BCUT2D eigenvalue weighted by atomic mass is 10.1. The van der Waals surface area contributed by atoms with Crippen molar-refractivity contribution in [3.8, 4) is 11.3 Å². The highest BCUT2D eigenvalue weighted by atomic mass is 35.5. The van der Waals surface area contributed by atoms with Crippen molar-refractivity contribution in [1.29, 1.82) is 0 Å². The van der Waals surface area contributed by atoms with Gasteiger partial charge >= 0.3 is 0 Å². The Hall–Kier alpha value is -1.45. The standard InChI is InChI=1S/C13H14ClN3/c14-11-4-7-17-13(9-11)10-3-6-16-12(8-10)2-1-5-15/h3-4,6-9H,1-2,5,15H2. The minimum Gasteiger partial charge on any atom is -0.330 e. The normalized spacial score (nSPS) is 10.5. The Balaban J connectivity index is 2.26. The van der Waals surface area contributed by atoms with Crippen LogP contribution < -0.4 is 5.73 Å². The summed E-state index contributed by atoms with van der Waals surface area (Å²) in [4.78, 5) is 8.60. The first kappa shape index (κ1) is 12.0. The quantitative estimate of drug-likeness (QED) is 0.904. The zero-order valence-electron chi connectivity index (χ0n) is 9.44. The molecule has 0 spiro atoms. The van der Waals surface area contributed by atoms with E-state index in [4.69, 9.17) is 17.3 Å². The molecule has 0 amide bonds. The number of rotatable bonds is 4. The summed E-state index contributed by atoms with van der Waals surface area (Å²) in [7, 11) is 0. The number of pyridine rings is 2. The van der Waals surface area contributed by atoms with Crippen molar-refractivity contribution >= 4 is 11.6 Å². The Morgan fingerprint density at radius 2 is 1.94 bits per heavy atom. The van der Waals surface area contributed by atoms with Crippen LogP contribution in [0.25, 0.3) is 11.3 Å². The molecule has 4 heteroatoms. The van der Waals surface area contributed by atoms with Crippen molar-refractivity contribution in [2.45, 2.75) is 12.8 Å². The highest BCUT2D eigenvalue weighted by molar-refractivity contribution is 6.30. The SMILES string of the molecule is NCCCc1cc(-c2cc(Cl)ccn2)ccn1. The fourth-order valence-electron chi connectivity index (χ4n) is 1.62. The van der Waals surface area contributed by atoms with E-state index < -0.39 is 0 Å². The first-order valence-electron chi connectivity index (χ1n) is 5.56. The van der Waals surface area contributed by atoms with Crippen LogP contribution in [0.1, 0.15) is 12.1 Å². The zero-order valence-corrected chi connectivity index (χ0v) is 10.2. The lowest BCUT2D eigenvalue weighted by Gasteiger charge is -2.04. The second-order valence-electron chi connectivity index (χ2n) is 3.79. The van der Waals surface area contributed by atoms with E-state index in [0.29, 0.717) is 11.6 Å². The first-order valence-corrected chi connectivity index (χ1v) is 5.94. The van der Waals surface area contributed by atoms with Crippen LogP contribution in [0.4, 0.5) is 0 Å². The van der Waals surface area contributed by atoms with E-state index in [2.05, 4.69) is 9.97 Å². The summed E-state index contributed by atoms with van der Waals surface area (Å²) in [6, 6.07) is 7.59. The lowest BCUT2D eigenvalue weighted by molar-refractivity contribution is 0.811. The second kappa shape index (κ2) is 5.75. The highest BCUT2D eigenvalue weighted by Crippen LogP contribution is 2.20. The summed E-state index contributed by atoms with van der Waals surface area (Å²) >= 11 is 5.95. The molecule has 2 rings (SSSR count). The van der Waals surface area contributed by atoms with Crippen LogP contribution in [0.15, 0.2) is 36.7 Å². The van der Waals surface area contributed by atoms with Crippen molar-refractivity contribution in [3.05, 3.63) is 47.4 Å². The van der Waals surface area contributed by atoms with Crippen LogP contribution in [0, 0.1) is 0 Å². The molecule has 2 N–H and O–H groups in total. The lowest BCUT2D eigenvalue weighted by Crippen LogP contribution is -2.01. The van der Waals surface area contributed by atoms with Crippen LogP contribution in [0.3, 0.4) is 0 Å². The monoisotopic (exact) mass is 247 g/mol. The van der Waals surface area contributed by atoms with E-state index in [0.717, 1.165) is 29.8 Å². The van der Waals surface area contributed by atoms with Crippen molar-refractivity contribution in [2.75, 3.05) is 6.54 Å². The fraction of sp³-hybridized carbons (Fsp3) is 0.231. The van der Waals surface area contributed by atoms with Gasteiger partial charge in [0.05, 0.1) is 5.69 Å². The predicted molar refractivity (Wildman–Crippen MR) is 69.9 cm³/mol. The molecule has 0 aliphatic carbocycles. The van der Waals surface area contributed by atoms with Crippen LogP contribution in [0.5, 0.6) is 0 Å². The number of halogens is 1. The van der Waals surface area contributed by atoms with Gasteiger partial charge in [-0.1, -0.05) is 11.6 Å². The minimum atomic E-state index is 0.682. The molecule has 0 bridgehead atoms. The summed E-state index contributed by atoms with van der Waals surface area (Å²) in [5, 5.41) is 0.690. The molecule has 0 aliphatic rings. The smallest absolute Gasteiger partial charge is 0.0717 e. The van der Waals surface area contributed by atoms with E-state index in [-0.39, 0.29) is 0 Å². The van der Waals surface area contributed by atoms with Gasteiger partial charge in [0.15, 0.2) is 0 Å². The Kier molecular flexibility index (Phi) is 4.07. The number of hydrogen-bond acceptors (Lipinski definition) is 3. The number of hydrogen-bond donors (Lipinski definition) is 1. The molecule has 3 nitrogen and oxygen atoms in total. The molecular formula is C13H14ClN3. The van der Waals surface area contributed by atoms with Gasteiger partial charge in [0.25, 0.3) is 0 Å². The molecule has 0 saturated heterocycles. The molecule has 88 valence electrons. The first-order chi connectivity index (χ1) is 8.29. The second-order valence-corrected chi connectivity index (χ2v) is 4.22. The number of aryl methyl sites for hydroxylation is 1. The van der Waals surface area contributed by atoms with E-state index in [1.165, 1.54) is 0 Å². The summed E-state index contributed by atoms with van der Waals surface area (Å²) in [5.41, 5.74) is 8.43. The third-order valence-electron chi connectivity index (χ3n) is 2.47. The number of nitrogens with zero attached hydrogens (tertiary/aromatic N) is 2. The Morgan fingerprint density at radius 3 is 2.71 bits per heavy atom. The van der Waals surface area contributed by atoms with E-state index in [1.807, 2.05) is 18.2 Å². The molecule has 0 saturated carbocycles. The van der Waals surface area contributed by atoms with E-state index in [9.17, 15) is 0 Å². The van der Waals surface area contributed by atoms with Gasteiger partial charge < -0.3 is 5.73 Å². The third kappa shape index (κ3) is 3.25. The maximum Gasteiger partial charge on any atom is 0.0717 e. The largest absolute Gasteiger partial charge is 0.330 e. The summed E-state index contributed by atoms with van der Waals surface area (Å²) in [6.07, 6.45) is 5.34. The topological polar surface area (TPSA) is 51.8 Å². The highest BCUT2D eigenvalue weighted by Gasteiger charge is 2.02. The molecule has 2 aromatic heterocycles. The van der Waals surface area contributed by atoms with Gasteiger partial charge in [-0.2, -0.15) is 0 Å². The zero-order chi connectivity index (χ0) is 12.1. The van der Waals surface area contributed by atoms with Gasteiger partial charge in [-0.3, -0.25) is 9.97 Å². The summed E-state index contributed by atoms with van der Waals surface area (Å²) in [6.45, 7) is 0.682. The third-order valence-corrected chi connectivity index (χ3v) is 2.71. The van der Waals surface area contributed by atoms with Crippen LogP contribution in [-0.2, 0) is 6.42 Å². The van der Waals surface area contributed by atoms with E-state index >= 15 is 0 Å². The summed E-state index contributed by atoms with van der Waals surface area (Å²) in [5.74, 6) is 0. The van der Waals surface area contributed by atoms with Gasteiger partial charge in [0, 0.05) is 28.7 Å². The van der Waals surface area contributed by atoms with E-state index in [1.54, 1.807) is 18.5 Å². The average Bonchev–Trinajstić information content (AvgIpc) is 2.37. The molecule has 0 radical (unpaired) electrons. The molecule has 2 aromatic rings. The molecule has 2 heterocycles. The Bertz CT molecular complexity index is 500. The molecule has 0 aromatic carbocycles. The van der Waals surface area contributed by atoms with Crippen molar-refractivity contribution in [3.63, 3.8) is 0 Å². The predicted octanol–water partition coefficient (Wildman–Crippen LogP) is 2.69. The Morgan fingerprint density at radius 1 is 1.12 bits per heavy atom. The van der Waals surface area contributed by atoms with Gasteiger partial charge in [0.1, 0.15) is 0 Å². The Labute approximate surface area is 106 Å². The number of aromatic nitrogens is 2. The minimum absolute atomic E-state index is 0.682. The van der Waals surface area contributed by atoms with Gasteiger partial charge in [-0.15, -0.1) is 0 Å². The van der Waals surface area contributed by atoms with Crippen molar-refractivity contribution < 1.29 is 0 Å². The van der Waals surface area contributed by atoms with Gasteiger partial charge in [-0.25, -0.2) is 0 Å². The van der Waals surface area contributed by atoms with Crippen molar-refractivity contribution in [1.82, 2.24) is 9.97 Å². The molecule has 0 unspecified atom stereocenters.